The second-order valence-corrected chi connectivity index (χ2v) is 7.51. The van der Waals surface area contributed by atoms with E-state index in [0.29, 0.717) is 39.8 Å². The van der Waals surface area contributed by atoms with Crippen LogP contribution in [0.3, 0.4) is 0 Å². The highest BCUT2D eigenvalue weighted by Crippen LogP contribution is 2.27. The molecule has 28 heavy (non-hydrogen) atoms. The first-order valence-corrected chi connectivity index (χ1v) is 9.49. The molecule has 4 aromatic rings. The molecule has 0 N–H and O–H groups in total. The van der Waals surface area contributed by atoms with Crippen LogP contribution in [0.2, 0.25) is 5.02 Å². The number of aryl methyl sites for hydroxylation is 2. The highest BCUT2D eigenvalue weighted by atomic mass is 35.5. The average molecular weight is 397 g/mol. The Kier molecular flexibility index (Phi) is 4.87. The maximum Gasteiger partial charge on any atom is 0.262 e. The fourth-order valence-corrected chi connectivity index (χ4v) is 3.45. The number of pyridine rings is 1. The van der Waals surface area contributed by atoms with Crippen LogP contribution >= 0.6 is 11.6 Å². The molecular formula is C20H21ClN6O. The molecule has 0 saturated heterocycles. The molecule has 0 aliphatic carbocycles. The fourth-order valence-electron chi connectivity index (χ4n) is 3.33. The van der Waals surface area contributed by atoms with Crippen LogP contribution in [-0.4, -0.2) is 49.7 Å². The van der Waals surface area contributed by atoms with Crippen LogP contribution in [0.4, 0.5) is 0 Å². The van der Waals surface area contributed by atoms with Crippen molar-refractivity contribution in [3.05, 3.63) is 57.7 Å². The number of hydrogen-bond acceptors (Lipinski definition) is 5. The Morgan fingerprint density at radius 3 is 2.57 bits per heavy atom. The van der Waals surface area contributed by atoms with E-state index in [2.05, 4.69) is 20.0 Å². The Labute approximate surface area is 167 Å². The average Bonchev–Trinajstić information content (AvgIpc) is 3.02. The van der Waals surface area contributed by atoms with E-state index in [1.54, 1.807) is 27.4 Å². The van der Waals surface area contributed by atoms with E-state index in [1.165, 1.54) is 0 Å². The molecule has 8 heteroatoms. The van der Waals surface area contributed by atoms with E-state index in [9.17, 15) is 4.79 Å². The summed E-state index contributed by atoms with van der Waals surface area (Å²) in [4.78, 5) is 24.4. The smallest absolute Gasteiger partial charge is 0.262 e. The van der Waals surface area contributed by atoms with Crippen LogP contribution < -0.4 is 5.56 Å². The number of hydrogen-bond donors (Lipinski definition) is 0. The predicted octanol–water partition coefficient (Wildman–Crippen LogP) is 3.02. The molecule has 144 valence electrons. The van der Waals surface area contributed by atoms with Crippen molar-refractivity contribution in [1.82, 2.24) is 29.0 Å². The van der Waals surface area contributed by atoms with Gasteiger partial charge in [-0.1, -0.05) is 23.7 Å². The molecule has 0 spiro atoms. The van der Waals surface area contributed by atoms with Crippen molar-refractivity contribution in [2.24, 2.45) is 0 Å². The van der Waals surface area contributed by atoms with Crippen LogP contribution in [-0.2, 0) is 6.54 Å². The lowest BCUT2D eigenvalue weighted by Crippen LogP contribution is -2.23. The quantitative estimate of drug-likeness (QED) is 0.518. The second kappa shape index (κ2) is 7.33. The molecule has 1 aromatic carbocycles. The van der Waals surface area contributed by atoms with Crippen molar-refractivity contribution in [1.29, 1.82) is 0 Å². The maximum atomic E-state index is 13.3. The molecule has 0 bridgehead atoms. The lowest BCUT2D eigenvalue weighted by molar-refractivity contribution is 0.385. The zero-order chi connectivity index (χ0) is 19.8. The zero-order valence-corrected chi connectivity index (χ0v) is 16.8. The van der Waals surface area contributed by atoms with Crippen molar-refractivity contribution in [2.45, 2.75) is 19.9 Å². The predicted molar refractivity (Wildman–Crippen MR) is 111 cm³/mol. The number of aromatic nitrogens is 5. The van der Waals surface area contributed by atoms with Gasteiger partial charge in [0.2, 0.25) is 0 Å². The minimum Gasteiger partial charge on any atom is -0.315 e. The molecule has 0 atom stereocenters. The molecule has 0 aliphatic rings. The molecule has 0 saturated carbocycles. The van der Waals surface area contributed by atoms with E-state index < -0.39 is 0 Å². The third kappa shape index (κ3) is 3.39. The largest absolute Gasteiger partial charge is 0.315 e. The minimum absolute atomic E-state index is 0.0799. The Morgan fingerprint density at radius 2 is 1.86 bits per heavy atom. The Bertz CT molecular complexity index is 1210. The number of nitrogens with zero attached hydrogens (tertiary/aromatic N) is 6. The van der Waals surface area contributed by atoms with Gasteiger partial charge in [0, 0.05) is 23.3 Å². The van der Waals surface area contributed by atoms with Gasteiger partial charge in [-0.15, -0.1) is 5.10 Å². The van der Waals surface area contributed by atoms with Crippen LogP contribution in [0.15, 0.2) is 41.3 Å². The van der Waals surface area contributed by atoms with E-state index in [-0.39, 0.29) is 5.56 Å². The Morgan fingerprint density at radius 1 is 1.11 bits per heavy atom. The highest BCUT2D eigenvalue weighted by molar-refractivity contribution is 6.30. The molecule has 0 unspecified atom stereocenters. The number of fused-ring (bicyclic) bond motifs is 2. The minimum atomic E-state index is -0.0799. The molecule has 0 fully saturated rings. The lowest BCUT2D eigenvalue weighted by atomic mass is 10.1. The van der Waals surface area contributed by atoms with Gasteiger partial charge in [0.1, 0.15) is 5.82 Å². The van der Waals surface area contributed by atoms with Crippen molar-refractivity contribution in [3.8, 4) is 11.3 Å². The van der Waals surface area contributed by atoms with Crippen LogP contribution in [0.25, 0.3) is 27.9 Å². The highest BCUT2D eigenvalue weighted by Gasteiger charge is 2.18. The first-order chi connectivity index (χ1) is 13.4. The first-order valence-electron chi connectivity index (χ1n) is 9.11. The Hall–Kier alpha value is -2.77. The number of halogens is 1. The summed E-state index contributed by atoms with van der Waals surface area (Å²) in [5, 5.41) is 5.64. The summed E-state index contributed by atoms with van der Waals surface area (Å²) in [6.07, 6.45) is 2.69. The summed E-state index contributed by atoms with van der Waals surface area (Å²) in [5.41, 5.74) is 2.06. The van der Waals surface area contributed by atoms with Gasteiger partial charge < -0.3 is 9.47 Å². The Balaban J connectivity index is 1.98. The summed E-state index contributed by atoms with van der Waals surface area (Å²) in [5.74, 6) is 1.07. The molecule has 3 aromatic heterocycles. The van der Waals surface area contributed by atoms with Crippen molar-refractivity contribution >= 4 is 28.3 Å². The molecule has 3 heterocycles. The third-order valence-corrected chi connectivity index (χ3v) is 4.88. The van der Waals surface area contributed by atoms with Gasteiger partial charge in [-0.25, -0.2) is 4.98 Å². The lowest BCUT2D eigenvalue weighted by Gasteiger charge is -2.13. The van der Waals surface area contributed by atoms with Gasteiger partial charge in [0.25, 0.3) is 11.3 Å². The molecule has 0 radical (unpaired) electrons. The topological polar surface area (TPSA) is 68.3 Å². The third-order valence-electron chi connectivity index (χ3n) is 4.63. The van der Waals surface area contributed by atoms with Gasteiger partial charge in [-0.2, -0.15) is 9.50 Å². The fraction of sp³-hybridized carbons (Fsp3) is 0.300. The number of rotatable bonds is 5. The van der Waals surface area contributed by atoms with E-state index in [1.807, 2.05) is 39.2 Å². The molecule has 7 nitrogen and oxygen atoms in total. The number of benzene rings is 1. The molecule has 4 rings (SSSR count). The molecular weight excluding hydrogens is 376 g/mol. The second-order valence-electron chi connectivity index (χ2n) is 7.07. The van der Waals surface area contributed by atoms with Gasteiger partial charge in [0.15, 0.2) is 0 Å². The van der Waals surface area contributed by atoms with Gasteiger partial charge in [-0.05, 0) is 52.2 Å². The summed E-state index contributed by atoms with van der Waals surface area (Å²) in [6, 6.07) is 9.25. The van der Waals surface area contributed by atoms with Gasteiger partial charge in [-0.3, -0.25) is 4.79 Å². The zero-order valence-electron chi connectivity index (χ0n) is 16.1. The van der Waals surface area contributed by atoms with Crippen molar-refractivity contribution in [3.63, 3.8) is 0 Å². The summed E-state index contributed by atoms with van der Waals surface area (Å²) >= 11 is 6.06. The first kappa shape index (κ1) is 18.6. The molecule has 0 amide bonds. The van der Waals surface area contributed by atoms with E-state index >= 15 is 0 Å². The monoisotopic (exact) mass is 396 g/mol. The summed E-state index contributed by atoms with van der Waals surface area (Å²) < 4.78 is 3.38. The van der Waals surface area contributed by atoms with Crippen LogP contribution in [0, 0.1) is 6.92 Å². The normalized spacial score (nSPS) is 11.8. The van der Waals surface area contributed by atoms with Gasteiger partial charge in [0.05, 0.1) is 16.6 Å². The maximum absolute atomic E-state index is 13.3. The van der Waals surface area contributed by atoms with Crippen LogP contribution in [0.5, 0.6) is 0 Å². The SMILES string of the molecule is Cc1nc2nc3ccn(CCCN(C)C)c(=O)c3c(-c3ccc(Cl)cc3)n2n1. The van der Waals surface area contributed by atoms with E-state index in [0.717, 1.165) is 18.5 Å². The summed E-state index contributed by atoms with van der Waals surface area (Å²) in [7, 11) is 4.05. The van der Waals surface area contributed by atoms with E-state index in [4.69, 9.17) is 11.6 Å². The summed E-state index contributed by atoms with van der Waals surface area (Å²) in [6.45, 7) is 3.36. The van der Waals surface area contributed by atoms with Crippen molar-refractivity contribution in [2.75, 3.05) is 20.6 Å². The van der Waals surface area contributed by atoms with Gasteiger partial charge >= 0.3 is 0 Å². The standard InChI is InChI=1S/C20H21ClN6O/c1-13-22-20-23-16-9-12-26(11-4-10-25(2)3)19(28)17(16)18(27(20)24-13)14-5-7-15(21)8-6-14/h5-9,12H,4,10-11H2,1-3H3. The van der Waals surface area contributed by atoms with Crippen LogP contribution in [0.1, 0.15) is 12.2 Å². The molecule has 0 aliphatic heterocycles. The van der Waals surface area contributed by atoms with Crippen molar-refractivity contribution < 1.29 is 0 Å².